The van der Waals surface area contributed by atoms with Gasteiger partial charge >= 0.3 is 0 Å². The van der Waals surface area contributed by atoms with Crippen LogP contribution >= 0.6 is 0 Å². The fourth-order valence-electron chi connectivity index (χ4n) is 7.31. The highest BCUT2D eigenvalue weighted by molar-refractivity contribution is 5.22. The normalized spacial score (nSPS) is 67.4. The van der Waals surface area contributed by atoms with Crippen molar-refractivity contribution in [3.05, 3.63) is 12.2 Å². The number of hydrogen-bond acceptors (Lipinski definition) is 0. The highest BCUT2D eigenvalue weighted by Gasteiger charge is 2.65. The number of fused-ring (bicyclic) bond motifs is 12. The third kappa shape index (κ3) is 1.06. The second-order valence-corrected chi connectivity index (χ2v) is 8.42. The van der Waals surface area contributed by atoms with Crippen LogP contribution in [0.4, 0.5) is 0 Å². The molecule has 4 bridgehead atoms. The maximum absolute atomic E-state index is 2.59. The molecule has 98 valence electrons. The molecule has 0 radical (unpaired) electrons. The van der Waals surface area contributed by atoms with Gasteiger partial charge in [0.1, 0.15) is 0 Å². The first-order valence-electron chi connectivity index (χ1n) is 8.42. The van der Waals surface area contributed by atoms with Crippen LogP contribution in [-0.2, 0) is 0 Å². The van der Waals surface area contributed by atoms with Crippen molar-refractivity contribution in [3.8, 4) is 0 Å². The van der Waals surface area contributed by atoms with E-state index in [0.717, 1.165) is 59.2 Å². The Morgan fingerprint density at radius 2 is 1.11 bits per heavy atom. The van der Waals surface area contributed by atoms with Crippen LogP contribution in [0.5, 0.6) is 0 Å². The summed E-state index contributed by atoms with van der Waals surface area (Å²) in [6.45, 7) is 5.04. The minimum absolute atomic E-state index is 0.998. The van der Waals surface area contributed by atoms with E-state index in [4.69, 9.17) is 0 Å². The van der Waals surface area contributed by atoms with Gasteiger partial charge in [0.2, 0.25) is 0 Å². The van der Waals surface area contributed by atoms with Gasteiger partial charge in [0.15, 0.2) is 0 Å². The van der Waals surface area contributed by atoms with Crippen molar-refractivity contribution in [1.82, 2.24) is 0 Å². The molecule has 4 fully saturated rings. The molecule has 0 spiro atoms. The quantitative estimate of drug-likeness (QED) is 0.437. The molecule has 18 heavy (non-hydrogen) atoms. The molecular weight excluding hydrogens is 216 g/mol. The van der Waals surface area contributed by atoms with Gasteiger partial charge < -0.3 is 0 Å². The first kappa shape index (κ1) is 10.5. The summed E-state index contributed by atoms with van der Waals surface area (Å²) in [4.78, 5) is 0. The van der Waals surface area contributed by atoms with E-state index in [9.17, 15) is 0 Å². The predicted molar refractivity (Wildman–Crippen MR) is 73.9 cm³/mol. The molecule has 10 unspecified atom stereocenters. The molecule has 0 saturated heterocycles. The summed E-state index contributed by atoms with van der Waals surface area (Å²) in [7, 11) is 0. The zero-order valence-corrected chi connectivity index (χ0v) is 11.8. The van der Waals surface area contributed by atoms with Crippen molar-refractivity contribution in [3.63, 3.8) is 0 Å². The molecular formula is C18H26. The molecule has 0 aromatic rings. The SMILES string of the molecule is CC1CC2C(CC1C)C1CC2C2C3C=CC(C3)C12. The van der Waals surface area contributed by atoms with E-state index < -0.39 is 0 Å². The predicted octanol–water partition coefficient (Wildman–Crippen LogP) is 4.37. The summed E-state index contributed by atoms with van der Waals surface area (Å²) in [6.07, 6.45) is 11.5. The van der Waals surface area contributed by atoms with E-state index in [1.54, 1.807) is 19.3 Å². The number of allylic oxidation sites excluding steroid dienone is 2. The summed E-state index contributed by atoms with van der Waals surface area (Å²) < 4.78 is 0. The third-order valence-electron chi connectivity index (χ3n) is 8.03. The summed E-state index contributed by atoms with van der Waals surface area (Å²) >= 11 is 0. The molecule has 0 amide bonds. The zero-order chi connectivity index (χ0) is 12.0. The van der Waals surface area contributed by atoms with E-state index in [2.05, 4.69) is 26.0 Å². The highest BCUT2D eigenvalue weighted by Crippen LogP contribution is 2.71. The Balaban J connectivity index is 1.51. The fraction of sp³-hybridized carbons (Fsp3) is 0.889. The topological polar surface area (TPSA) is 0 Å². The monoisotopic (exact) mass is 242 g/mol. The summed E-state index contributed by atoms with van der Waals surface area (Å²) in [6, 6.07) is 0. The lowest BCUT2D eigenvalue weighted by Gasteiger charge is -2.47. The van der Waals surface area contributed by atoms with Crippen LogP contribution in [-0.4, -0.2) is 0 Å². The van der Waals surface area contributed by atoms with E-state index in [1.165, 1.54) is 6.42 Å². The van der Waals surface area contributed by atoms with Crippen molar-refractivity contribution in [1.29, 1.82) is 0 Å². The van der Waals surface area contributed by atoms with Gasteiger partial charge in [-0.05, 0) is 84.9 Å². The van der Waals surface area contributed by atoms with Gasteiger partial charge in [-0.1, -0.05) is 26.0 Å². The maximum Gasteiger partial charge on any atom is -0.0194 e. The van der Waals surface area contributed by atoms with Gasteiger partial charge in [-0.15, -0.1) is 0 Å². The van der Waals surface area contributed by atoms with Crippen LogP contribution in [0.25, 0.3) is 0 Å². The summed E-state index contributed by atoms with van der Waals surface area (Å²) in [5, 5.41) is 0. The van der Waals surface area contributed by atoms with Crippen LogP contribution in [0.3, 0.4) is 0 Å². The Labute approximate surface area is 111 Å². The van der Waals surface area contributed by atoms with Gasteiger partial charge in [-0.2, -0.15) is 0 Å². The van der Waals surface area contributed by atoms with Crippen molar-refractivity contribution in [2.75, 3.05) is 0 Å². The highest BCUT2D eigenvalue weighted by atomic mass is 14.7. The van der Waals surface area contributed by atoms with Crippen molar-refractivity contribution < 1.29 is 0 Å². The molecule has 4 saturated carbocycles. The lowest BCUT2D eigenvalue weighted by molar-refractivity contribution is 0.0194. The summed E-state index contributed by atoms with van der Waals surface area (Å²) in [5.74, 6) is 10.8. The second kappa shape index (κ2) is 3.25. The van der Waals surface area contributed by atoms with E-state index in [0.29, 0.717) is 0 Å². The fourth-order valence-corrected chi connectivity index (χ4v) is 7.31. The lowest BCUT2D eigenvalue weighted by Crippen LogP contribution is -2.41. The molecule has 10 atom stereocenters. The molecule has 5 rings (SSSR count). The van der Waals surface area contributed by atoms with Crippen LogP contribution < -0.4 is 0 Å². The third-order valence-corrected chi connectivity index (χ3v) is 8.03. The van der Waals surface area contributed by atoms with Crippen molar-refractivity contribution >= 4 is 0 Å². The smallest absolute Gasteiger partial charge is 0.0194 e. The average molecular weight is 242 g/mol. The maximum atomic E-state index is 2.59. The van der Waals surface area contributed by atoms with Crippen LogP contribution in [0.2, 0.25) is 0 Å². The van der Waals surface area contributed by atoms with Gasteiger partial charge in [0.25, 0.3) is 0 Å². The minimum Gasteiger partial charge on any atom is -0.0848 e. The van der Waals surface area contributed by atoms with Crippen LogP contribution in [0.1, 0.15) is 39.5 Å². The molecule has 5 aliphatic rings. The minimum atomic E-state index is 0.998. The molecule has 0 nitrogen and oxygen atoms in total. The largest absolute Gasteiger partial charge is 0.0848 e. The first-order valence-corrected chi connectivity index (χ1v) is 8.42. The molecule has 0 N–H and O–H groups in total. The van der Waals surface area contributed by atoms with E-state index >= 15 is 0 Å². The molecule has 0 aromatic heterocycles. The van der Waals surface area contributed by atoms with Gasteiger partial charge in [-0.3, -0.25) is 0 Å². The Kier molecular flexibility index (Phi) is 1.90. The Morgan fingerprint density at radius 3 is 1.61 bits per heavy atom. The molecule has 0 heteroatoms. The van der Waals surface area contributed by atoms with Gasteiger partial charge in [-0.25, -0.2) is 0 Å². The molecule has 0 heterocycles. The van der Waals surface area contributed by atoms with Crippen LogP contribution in [0.15, 0.2) is 12.2 Å². The Bertz CT molecular complexity index is 372. The molecule has 5 aliphatic carbocycles. The molecule has 0 aliphatic heterocycles. The van der Waals surface area contributed by atoms with Crippen molar-refractivity contribution in [2.45, 2.75) is 39.5 Å². The van der Waals surface area contributed by atoms with Crippen molar-refractivity contribution in [2.24, 2.45) is 59.2 Å². The number of hydrogen-bond donors (Lipinski definition) is 0. The summed E-state index contributed by atoms with van der Waals surface area (Å²) in [5.41, 5.74) is 0. The van der Waals surface area contributed by atoms with Gasteiger partial charge in [0, 0.05) is 0 Å². The number of rotatable bonds is 0. The zero-order valence-electron chi connectivity index (χ0n) is 11.8. The standard InChI is InChI=1S/C18H26/c1-9-5-13-14(6-10(9)2)16-8-15(13)17-11-3-4-12(7-11)18(16)17/h3-4,9-18H,5-8H2,1-2H3. The second-order valence-electron chi connectivity index (χ2n) is 8.42. The Hall–Kier alpha value is -0.260. The lowest BCUT2D eigenvalue weighted by atomic mass is 9.58. The average Bonchev–Trinajstić information content (AvgIpc) is 3.05. The van der Waals surface area contributed by atoms with E-state index in [1.807, 2.05) is 0 Å². The molecule has 0 aromatic carbocycles. The van der Waals surface area contributed by atoms with Crippen LogP contribution in [0, 0.1) is 59.2 Å². The van der Waals surface area contributed by atoms with Gasteiger partial charge in [0.05, 0.1) is 0 Å². The van der Waals surface area contributed by atoms with E-state index in [-0.39, 0.29) is 0 Å². The Morgan fingerprint density at radius 1 is 0.611 bits per heavy atom. The first-order chi connectivity index (χ1) is 8.74.